The summed E-state index contributed by atoms with van der Waals surface area (Å²) < 4.78 is 5.51. The van der Waals surface area contributed by atoms with Crippen molar-refractivity contribution in [1.29, 1.82) is 0 Å². The number of nitrogens with one attached hydrogen (secondary N) is 2. The fraction of sp³-hybridized carbons (Fsp3) is 0.467. The van der Waals surface area contributed by atoms with Crippen LogP contribution in [0.25, 0.3) is 0 Å². The Kier molecular flexibility index (Phi) is 5.16. The van der Waals surface area contributed by atoms with Crippen LogP contribution in [0.2, 0.25) is 0 Å². The van der Waals surface area contributed by atoms with Gasteiger partial charge in [0, 0.05) is 6.54 Å². The fourth-order valence-corrected chi connectivity index (χ4v) is 2.34. The van der Waals surface area contributed by atoms with Gasteiger partial charge in [-0.05, 0) is 24.6 Å². The van der Waals surface area contributed by atoms with Gasteiger partial charge in [0.15, 0.2) is 0 Å². The van der Waals surface area contributed by atoms with Gasteiger partial charge in [0.2, 0.25) is 11.8 Å². The summed E-state index contributed by atoms with van der Waals surface area (Å²) in [6, 6.07) is 7.18. The Morgan fingerprint density at radius 2 is 2.14 bits per heavy atom. The molecule has 1 aromatic carbocycles. The normalized spacial score (nSPS) is 21.0. The van der Waals surface area contributed by atoms with Crippen molar-refractivity contribution in [3.63, 3.8) is 0 Å². The third kappa shape index (κ3) is 4.19. The molecule has 2 amide bonds. The van der Waals surface area contributed by atoms with Crippen LogP contribution >= 0.6 is 0 Å². The molecule has 0 unspecified atom stereocenters. The van der Waals surface area contributed by atoms with Crippen LogP contribution in [0.5, 0.6) is 5.75 Å². The van der Waals surface area contributed by atoms with Gasteiger partial charge in [0.25, 0.3) is 0 Å². The SMILES string of the molecule is C[C@@H]1CNC[C@H]1C(=O)Nc1ccccc1OCCC(N)=O. The van der Waals surface area contributed by atoms with Gasteiger partial charge in [-0.3, -0.25) is 9.59 Å². The summed E-state index contributed by atoms with van der Waals surface area (Å²) >= 11 is 0. The number of rotatable bonds is 6. The average molecular weight is 291 g/mol. The molecule has 4 N–H and O–H groups in total. The molecule has 0 saturated carbocycles. The number of ether oxygens (including phenoxy) is 1. The molecule has 1 aromatic rings. The van der Waals surface area contributed by atoms with Gasteiger partial charge in [-0.15, -0.1) is 0 Å². The van der Waals surface area contributed by atoms with Crippen LogP contribution in [0.15, 0.2) is 24.3 Å². The molecule has 0 aliphatic carbocycles. The molecular weight excluding hydrogens is 270 g/mol. The van der Waals surface area contributed by atoms with Gasteiger partial charge >= 0.3 is 0 Å². The summed E-state index contributed by atoms with van der Waals surface area (Å²) in [5, 5.41) is 6.11. The number of primary amides is 1. The first kappa shape index (κ1) is 15.3. The van der Waals surface area contributed by atoms with Gasteiger partial charge in [-0.25, -0.2) is 0 Å². The number of hydrogen-bond donors (Lipinski definition) is 3. The summed E-state index contributed by atoms with van der Waals surface area (Å²) in [6.07, 6.45) is 0.145. The van der Waals surface area contributed by atoms with E-state index in [1.54, 1.807) is 12.1 Å². The minimum atomic E-state index is -0.414. The topological polar surface area (TPSA) is 93.4 Å². The summed E-state index contributed by atoms with van der Waals surface area (Å²) in [7, 11) is 0. The van der Waals surface area contributed by atoms with Gasteiger partial charge in [-0.2, -0.15) is 0 Å². The number of anilines is 1. The molecule has 114 valence electrons. The van der Waals surface area contributed by atoms with Crippen molar-refractivity contribution >= 4 is 17.5 Å². The van der Waals surface area contributed by atoms with Crippen molar-refractivity contribution in [2.24, 2.45) is 17.6 Å². The Bertz CT molecular complexity index is 519. The van der Waals surface area contributed by atoms with Crippen molar-refractivity contribution in [1.82, 2.24) is 5.32 Å². The predicted molar refractivity (Wildman–Crippen MR) is 79.9 cm³/mol. The van der Waals surface area contributed by atoms with Crippen LogP contribution in [0, 0.1) is 11.8 Å². The van der Waals surface area contributed by atoms with Crippen molar-refractivity contribution in [2.45, 2.75) is 13.3 Å². The quantitative estimate of drug-likeness (QED) is 0.720. The Balaban J connectivity index is 1.99. The fourth-order valence-electron chi connectivity index (χ4n) is 2.34. The van der Waals surface area contributed by atoms with E-state index in [4.69, 9.17) is 10.5 Å². The molecular formula is C15H21N3O3. The molecule has 1 aliphatic heterocycles. The average Bonchev–Trinajstić information content (AvgIpc) is 2.86. The van der Waals surface area contributed by atoms with E-state index >= 15 is 0 Å². The highest BCUT2D eigenvalue weighted by molar-refractivity contribution is 5.94. The zero-order valence-corrected chi connectivity index (χ0v) is 12.1. The highest BCUT2D eigenvalue weighted by Gasteiger charge is 2.29. The van der Waals surface area contributed by atoms with Crippen LogP contribution in [0.4, 0.5) is 5.69 Å². The summed E-state index contributed by atoms with van der Waals surface area (Å²) in [4.78, 5) is 23.0. The Hall–Kier alpha value is -2.08. The number of carbonyl (C=O) groups excluding carboxylic acids is 2. The molecule has 6 nitrogen and oxygen atoms in total. The molecule has 1 fully saturated rings. The standard InChI is InChI=1S/C15H21N3O3/c1-10-8-17-9-11(10)15(20)18-12-4-2-3-5-13(12)21-7-6-14(16)19/h2-5,10-11,17H,6-9H2,1H3,(H2,16,19)(H,18,20)/t10-,11-/m1/s1. The second kappa shape index (κ2) is 7.08. The Morgan fingerprint density at radius 1 is 1.38 bits per heavy atom. The van der Waals surface area contributed by atoms with Crippen LogP contribution < -0.4 is 21.1 Å². The smallest absolute Gasteiger partial charge is 0.229 e. The van der Waals surface area contributed by atoms with E-state index in [9.17, 15) is 9.59 Å². The minimum Gasteiger partial charge on any atom is -0.491 e. The third-order valence-electron chi connectivity index (χ3n) is 3.61. The maximum Gasteiger partial charge on any atom is 0.229 e. The molecule has 21 heavy (non-hydrogen) atoms. The first-order chi connectivity index (χ1) is 10.1. The van der Waals surface area contributed by atoms with E-state index in [2.05, 4.69) is 17.6 Å². The molecule has 1 aliphatic rings. The molecule has 0 bridgehead atoms. The van der Waals surface area contributed by atoms with Gasteiger partial charge in [0.05, 0.1) is 24.6 Å². The van der Waals surface area contributed by atoms with Crippen LogP contribution in [-0.2, 0) is 9.59 Å². The molecule has 0 aromatic heterocycles. The summed E-state index contributed by atoms with van der Waals surface area (Å²) in [5.41, 5.74) is 5.69. The van der Waals surface area contributed by atoms with E-state index in [1.807, 2.05) is 12.1 Å². The lowest BCUT2D eigenvalue weighted by Crippen LogP contribution is -2.28. The lowest BCUT2D eigenvalue weighted by molar-refractivity contribution is -0.120. The van der Waals surface area contributed by atoms with Gasteiger partial charge < -0.3 is 21.1 Å². The summed E-state index contributed by atoms with van der Waals surface area (Å²) in [5.74, 6) is 0.392. The van der Waals surface area contributed by atoms with Crippen LogP contribution in [0.1, 0.15) is 13.3 Å². The van der Waals surface area contributed by atoms with Gasteiger partial charge in [0.1, 0.15) is 5.75 Å². The van der Waals surface area contributed by atoms with E-state index in [1.165, 1.54) is 0 Å². The molecule has 0 radical (unpaired) electrons. The highest BCUT2D eigenvalue weighted by Crippen LogP contribution is 2.26. The number of benzene rings is 1. The molecule has 6 heteroatoms. The minimum absolute atomic E-state index is 0.0153. The largest absolute Gasteiger partial charge is 0.491 e. The van der Waals surface area contributed by atoms with E-state index < -0.39 is 5.91 Å². The van der Waals surface area contributed by atoms with Crippen LogP contribution in [0.3, 0.4) is 0 Å². The lowest BCUT2D eigenvalue weighted by atomic mass is 9.97. The highest BCUT2D eigenvalue weighted by atomic mass is 16.5. The van der Waals surface area contributed by atoms with Crippen molar-refractivity contribution in [3.05, 3.63) is 24.3 Å². The molecule has 1 saturated heterocycles. The predicted octanol–water partition coefficient (Wildman–Crippen LogP) is 0.735. The number of carbonyl (C=O) groups is 2. The number of para-hydroxylation sites is 2. The maximum atomic E-state index is 12.3. The molecule has 2 rings (SSSR count). The number of hydrogen-bond acceptors (Lipinski definition) is 4. The van der Waals surface area contributed by atoms with E-state index in [0.29, 0.717) is 23.9 Å². The Labute approximate surface area is 124 Å². The monoisotopic (exact) mass is 291 g/mol. The lowest BCUT2D eigenvalue weighted by Gasteiger charge is -2.16. The second-order valence-corrected chi connectivity index (χ2v) is 5.29. The van der Waals surface area contributed by atoms with Gasteiger partial charge in [-0.1, -0.05) is 19.1 Å². The maximum absolute atomic E-state index is 12.3. The molecule has 2 atom stereocenters. The van der Waals surface area contributed by atoms with Crippen molar-refractivity contribution in [2.75, 3.05) is 25.0 Å². The zero-order chi connectivity index (χ0) is 15.2. The first-order valence-electron chi connectivity index (χ1n) is 7.09. The first-order valence-corrected chi connectivity index (χ1v) is 7.09. The van der Waals surface area contributed by atoms with Crippen molar-refractivity contribution in [3.8, 4) is 5.75 Å². The summed E-state index contributed by atoms with van der Waals surface area (Å²) in [6.45, 7) is 3.80. The third-order valence-corrected chi connectivity index (χ3v) is 3.61. The second-order valence-electron chi connectivity index (χ2n) is 5.29. The van der Waals surface area contributed by atoms with E-state index in [0.717, 1.165) is 6.54 Å². The van der Waals surface area contributed by atoms with E-state index in [-0.39, 0.29) is 24.9 Å². The zero-order valence-electron chi connectivity index (χ0n) is 12.1. The Morgan fingerprint density at radius 3 is 2.81 bits per heavy atom. The van der Waals surface area contributed by atoms with Crippen molar-refractivity contribution < 1.29 is 14.3 Å². The van der Waals surface area contributed by atoms with Crippen LogP contribution in [-0.4, -0.2) is 31.5 Å². The number of nitrogens with two attached hydrogens (primary N) is 1. The molecule has 0 spiro atoms. The number of amides is 2. The molecule has 1 heterocycles.